The number of carbonyl (C=O) groups is 4. The highest BCUT2D eigenvalue weighted by Crippen LogP contribution is 2.56. The highest BCUT2D eigenvalue weighted by molar-refractivity contribution is 6.13. The van der Waals surface area contributed by atoms with E-state index in [1.807, 2.05) is 0 Å². The number of aliphatic carboxylic acids is 1. The standard InChI is InChI=1S/C34H30O13/c1-12(35)5-18-8-14-6-15-10-20(44-3)26(30(38)22(15)28(36)24(14)33(42)46-18)27-21(45-4)11-16-7-17-9-19(13(2)32(40)41)47-34(43)25(17)29(37)23(16)31(27)39/h6-7,10-11,13,18-19,36-39H,5,8-9H2,1-4H3,(H,40,41). The second kappa shape index (κ2) is 11.3. The van der Waals surface area contributed by atoms with Gasteiger partial charge in [-0.25, -0.2) is 9.59 Å². The van der Waals surface area contributed by atoms with Gasteiger partial charge in [0.2, 0.25) is 0 Å². The number of hydrogen-bond donors (Lipinski definition) is 5. The lowest BCUT2D eigenvalue weighted by molar-refractivity contribution is -0.145. The number of fused-ring (bicyclic) bond motifs is 4. The number of carboxylic acids is 1. The summed E-state index contributed by atoms with van der Waals surface area (Å²) in [4.78, 5) is 49.2. The van der Waals surface area contributed by atoms with Crippen molar-refractivity contribution in [2.24, 2.45) is 5.92 Å². The van der Waals surface area contributed by atoms with Crippen LogP contribution in [0.4, 0.5) is 0 Å². The van der Waals surface area contributed by atoms with Crippen molar-refractivity contribution in [3.8, 4) is 45.6 Å². The molecule has 0 amide bonds. The lowest BCUT2D eigenvalue weighted by Gasteiger charge is -2.28. The maximum Gasteiger partial charge on any atom is 0.342 e. The Morgan fingerprint density at radius 3 is 1.66 bits per heavy atom. The number of carbonyl (C=O) groups excluding carboxylic acids is 3. The van der Waals surface area contributed by atoms with E-state index in [1.54, 1.807) is 6.07 Å². The number of phenolic OH excluding ortho intramolecular Hbond substituents is 4. The third-order valence-corrected chi connectivity index (χ3v) is 8.80. The second-order valence-corrected chi connectivity index (χ2v) is 11.7. The Morgan fingerprint density at radius 2 is 1.21 bits per heavy atom. The molecule has 2 heterocycles. The smallest absolute Gasteiger partial charge is 0.342 e. The first kappa shape index (κ1) is 31.3. The summed E-state index contributed by atoms with van der Waals surface area (Å²) in [5.74, 6) is -6.64. The third-order valence-electron chi connectivity index (χ3n) is 8.80. The fourth-order valence-electron chi connectivity index (χ4n) is 6.53. The van der Waals surface area contributed by atoms with Crippen LogP contribution in [0.1, 0.15) is 52.1 Å². The molecule has 6 rings (SSSR count). The van der Waals surface area contributed by atoms with E-state index < -0.39 is 59.0 Å². The third kappa shape index (κ3) is 4.85. The maximum atomic E-state index is 13.0. The Bertz CT molecular complexity index is 2060. The molecule has 0 spiro atoms. The highest BCUT2D eigenvalue weighted by Gasteiger charge is 2.38. The van der Waals surface area contributed by atoms with E-state index in [0.29, 0.717) is 11.1 Å². The molecule has 0 bridgehead atoms. The van der Waals surface area contributed by atoms with Gasteiger partial charge in [0.05, 0.1) is 42.0 Å². The van der Waals surface area contributed by atoms with E-state index in [-0.39, 0.29) is 80.3 Å². The fraction of sp³-hybridized carbons (Fsp3) is 0.294. The predicted molar refractivity (Wildman–Crippen MR) is 165 cm³/mol. The van der Waals surface area contributed by atoms with Gasteiger partial charge in [-0.05, 0) is 60.0 Å². The Labute approximate surface area is 266 Å². The minimum Gasteiger partial charge on any atom is -0.506 e. The summed E-state index contributed by atoms with van der Waals surface area (Å²) in [6.07, 6.45) is -1.58. The Morgan fingerprint density at radius 1 is 0.766 bits per heavy atom. The number of esters is 2. The molecule has 0 saturated carbocycles. The summed E-state index contributed by atoms with van der Waals surface area (Å²) < 4.78 is 21.9. The van der Waals surface area contributed by atoms with E-state index in [0.717, 1.165) is 0 Å². The van der Waals surface area contributed by atoms with Crippen LogP contribution in [0.3, 0.4) is 0 Å². The number of rotatable bonds is 7. The first-order valence-corrected chi connectivity index (χ1v) is 14.6. The molecule has 3 unspecified atom stereocenters. The molecule has 0 radical (unpaired) electrons. The van der Waals surface area contributed by atoms with Crippen LogP contribution < -0.4 is 9.47 Å². The number of hydrogen-bond acceptors (Lipinski definition) is 12. The summed E-state index contributed by atoms with van der Waals surface area (Å²) >= 11 is 0. The van der Waals surface area contributed by atoms with Crippen LogP contribution in [0, 0.1) is 5.92 Å². The van der Waals surface area contributed by atoms with Crippen molar-refractivity contribution in [3.63, 3.8) is 0 Å². The molecule has 4 aromatic carbocycles. The fourth-order valence-corrected chi connectivity index (χ4v) is 6.53. The molecule has 0 aromatic heterocycles. The molecule has 13 nitrogen and oxygen atoms in total. The normalized spacial score (nSPS) is 17.8. The number of ketones is 1. The molecule has 4 aromatic rings. The van der Waals surface area contributed by atoms with Gasteiger partial charge in [-0.15, -0.1) is 0 Å². The Kier molecular flexibility index (Phi) is 7.49. The van der Waals surface area contributed by atoms with E-state index in [1.165, 1.54) is 46.3 Å². The first-order chi connectivity index (χ1) is 22.3. The number of carboxylic acid groups (broad SMARTS) is 1. The van der Waals surface area contributed by atoms with Gasteiger partial charge in [-0.1, -0.05) is 0 Å². The van der Waals surface area contributed by atoms with Crippen molar-refractivity contribution in [1.29, 1.82) is 0 Å². The lowest BCUT2D eigenvalue weighted by Crippen LogP contribution is -2.36. The van der Waals surface area contributed by atoms with Crippen molar-refractivity contribution in [1.82, 2.24) is 0 Å². The molecule has 244 valence electrons. The van der Waals surface area contributed by atoms with Crippen LogP contribution in [-0.4, -0.2) is 75.7 Å². The number of cyclic esters (lactones) is 2. The second-order valence-electron chi connectivity index (χ2n) is 11.7. The number of phenols is 4. The number of benzene rings is 4. The van der Waals surface area contributed by atoms with E-state index in [9.17, 15) is 44.7 Å². The van der Waals surface area contributed by atoms with Gasteiger partial charge in [0.15, 0.2) is 0 Å². The molecule has 2 aliphatic heterocycles. The van der Waals surface area contributed by atoms with Gasteiger partial charge in [0.1, 0.15) is 63.6 Å². The largest absolute Gasteiger partial charge is 0.506 e. The molecule has 3 atom stereocenters. The maximum absolute atomic E-state index is 13.0. The Hall–Kier alpha value is -5.72. The van der Waals surface area contributed by atoms with Gasteiger partial charge in [0.25, 0.3) is 0 Å². The first-order valence-electron chi connectivity index (χ1n) is 14.6. The van der Waals surface area contributed by atoms with Gasteiger partial charge >= 0.3 is 17.9 Å². The van der Waals surface area contributed by atoms with Crippen molar-refractivity contribution < 1.29 is 63.7 Å². The summed E-state index contributed by atoms with van der Waals surface area (Å²) in [5.41, 5.74) is -0.0688. The molecule has 0 fully saturated rings. The molecule has 5 N–H and O–H groups in total. The van der Waals surface area contributed by atoms with Crippen LogP contribution in [-0.2, 0) is 31.9 Å². The summed E-state index contributed by atoms with van der Waals surface area (Å²) in [5, 5.41) is 55.7. The molecule has 2 aliphatic rings. The van der Waals surface area contributed by atoms with Gasteiger partial charge in [0, 0.05) is 19.3 Å². The Balaban J connectivity index is 1.58. The number of ether oxygens (including phenoxy) is 4. The van der Waals surface area contributed by atoms with Crippen LogP contribution in [0.25, 0.3) is 32.7 Å². The average molecular weight is 647 g/mol. The lowest BCUT2D eigenvalue weighted by atomic mass is 9.87. The zero-order valence-electron chi connectivity index (χ0n) is 25.7. The van der Waals surface area contributed by atoms with Crippen LogP contribution in [0.15, 0.2) is 24.3 Å². The van der Waals surface area contributed by atoms with Crippen molar-refractivity contribution in [3.05, 3.63) is 46.5 Å². The van der Waals surface area contributed by atoms with Crippen LogP contribution >= 0.6 is 0 Å². The molecule has 13 heteroatoms. The summed E-state index contributed by atoms with van der Waals surface area (Å²) in [6.45, 7) is 2.78. The molecular formula is C34H30O13. The summed E-state index contributed by atoms with van der Waals surface area (Å²) in [6, 6.07) is 6.01. The molecule has 0 saturated heterocycles. The van der Waals surface area contributed by atoms with E-state index in [4.69, 9.17) is 18.9 Å². The van der Waals surface area contributed by atoms with Crippen molar-refractivity contribution >= 4 is 45.2 Å². The van der Waals surface area contributed by atoms with Crippen molar-refractivity contribution in [2.75, 3.05) is 14.2 Å². The van der Waals surface area contributed by atoms with Crippen molar-refractivity contribution in [2.45, 2.75) is 45.3 Å². The van der Waals surface area contributed by atoms with Gasteiger partial charge in [-0.2, -0.15) is 0 Å². The topological polar surface area (TPSA) is 206 Å². The van der Waals surface area contributed by atoms with Crippen LogP contribution in [0.2, 0.25) is 0 Å². The minimum absolute atomic E-state index is 0.0000686. The van der Waals surface area contributed by atoms with Gasteiger partial charge < -0.3 is 44.5 Å². The number of aromatic hydroxyl groups is 4. The molecular weight excluding hydrogens is 616 g/mol. The SMILES string of the molecule is COc1cc2cc3c(c(O)c2c(O)c1-c1c(OC)cc2cc4c(c(O)c2c1O)C(=O)OC(C(C)C(=O)O)C4)C(=O)OC(CC(C)=O)C3. The average Bonchev–Trinajstić information content (AvgIpc) is 2.99. The number of Topliss-reactive ketones (excluding diaryl/α,β-unsaturated/α-hetero) is 1. The van der Waals surface area contributed by atoms with Crippen LogP contribution in [0.5, 0.6) is 34.5 Å². The number of methoxy groups -OCH3 is 2. The van der Waals surface area contributed by atoms with Gasteiger partial charge in [-0.3, -0.25) is 9.59 Å². The van der Waals surface area contributed by atoms with E-state index >= 15 is 0 Å². The van der Waals surface area contributed by atoms with E-state index in [2.05, 4.69) is 0 Å². The monoisotopic (exact) mass is 646 g/mol. The zero-order valence-corrected chi connectivity index (χ0v) is 25.7. The predicted octanol–water partition coefficient (Wildman–Crippen LogP) is 4.36. The molecule has 0 aliphatic carbocycles. The highest BCUT2D eigenvalue weighted by atomic mass is 16.6. The molecule has 47 heavy (non-hydrogen) atoms. The quantitative estimate of drug-likeness (QED) is 0.177. The minimum atomic E-state index is -1.16. The summed E-state index contributed by atoms with van der Waals surface area (Å²) in [7, 11) is 2.61. The zero-order chi connectivity index (χ0) is 34.1.